The molecule has 2 aromatic carbocycles. The molecule has 1 unspecified atom stereocenters. The van der Waals surface area contributed by atoms with Crippen molar-refractivity contribution in [1.29, 1.82) is 0 Å². The lowest BCUT2D eigenvalue weighted by atomic mass is 10.1. The molecule has 3 heterocycles. The number of nitrogens with one attached hydrogen (secondary N) is 3. The van der Waals surface area contributed by atoms with Gasteiger partial charge < -0.3 is 29.2 Å². The Hall–Kier alpha value is -4.09. The van der Waals surface area contributed by atoms with Crippen molar-refractivity contribution in [3.8, 4) is 28.6 Å². The molecule has 0 amide bonds. The van der Waals surface area contributed by atoms with Crippen LogP contribution in [0.4, 0.5) is 17.3 Å². The molecule has 2 aliphatic rings. The Morgan fingerprint density at radius 3 is 2.60 bits per heavy atom. The van der Waals surface area contributed by atoms with Gasteiger partial charge in [0.1, 0.15) is 23.4 Å². The van der Waals surface area contributed by atoms with Crippen molar-refractivity contribution in [2.24, 2.45) is 0 Å². The number of rotatable bonds is 9. The van der Waals surface area contributed by atoms with Gasteiger partial charge >= 0.3 is 0 Å². The fourth-order valence-electron chi connectivity index (χ4n) is 5.47. The number of ether oxygens (including phenoxy) is 4. The van der Waals surface area contributed by atoms with E-state index in [4.69, 9.17) is 28.9 Å². The zero-order valence-corrected chi connectivity index (χ0v) is 23.1. The average molecular weight is 546 g/mol. The predicted octanol–water partition coefficient (Wildman–Crippen LogP) is 4.48. The third-order valence-electron chi connectivity index (χ3n) is 7.54. The van der Waals surface area contributed by atoms with Crippen LogP contribution in [0.25, 0.3) is 22.3 Å². The predicted molar refractivity (Wildman–Crippen MR) is 154 cm³/mol. The van der Waals surface area contributed by atoms with Gasteiger partial charge in [-0.2, -0.15) is 15.1 Å². The summed E-state index contributed by atoms with van der Waals surface area (Å²) in [6.07, 6.45) is 4.39. The van der Waals surface area contributed by atoms with Gasteiger partial charge in [0.05, 0.1) is 32.1 Å². The molecule has 1 aliphatic carbocycles. The number of aromatic amines is 1. The molecule has 4 aromatic rings. The molecule has 0 radical (unpaired) electrons. The molecule has 0 bridgehead atoms. The highest BCUT2D eigenvalue weighted by atomic mass is 16.5. The minimum atomic E-state index is -0.0270. The third-order valence-corrected chi connectivity index (χ3v) is 7.54. The first-order valence-electron chi connectivity index (χ1n) is 13.7. The number of hydrogen-bond donors (Lipinski definition) is 3. The molecule has 210 valence electrons. The molecular weight excluding hydrogens is 510 g/mol. The quantitative estimate of drug-likeness (QED) is 0.278. The van der Waals surface area contributed by atoms with E-state index in [1.807, 2.05) is 36.4 Å². The van der Waals surface area contributed by atoms with Crippen LogP contribution < -0.4 is 29.7 Å². The Labute approximate surface area is 233 Å². The summed E-state index contributed by atoms with van der Waals surface area (Å²) < 4.78 is 23.0. The third kappa shape index (κ3) is 5.22. The SMILES string of the molecule is COc1ccc(-c2n[nH]c3nc(Nc4ccccc4N4CCNC(OC)C4)nc(OC4CCCC4)c23)cc1OC. The van der Waals surface area contributed by atoms with Crippen LogP contribution >= 0.6 is 0 Å². The minimum Gasteiger partial charge on any atom is -0.493 e. The lowest BCUT2D eigenvalue weighted by Gasteiger charge is -2.35. The fourth-order valence-corrected chi connectivity index (χ4v) is 5.47. The number of piperazine rings is 1. The molecule has 6 rings (SSSR count). The van der Waals surface area contributed by atoms with Gasteiger partial charge in [-0.25, -0.2) is 0 Å². The van der Waals surface area contributed by atoms with Crippen LogP contribution in [0.15, 0.2) is 42.5 Å². The fraction of sp³-hybridized carbons (Fsp3) is 0.414. The molecule has 2 fully saturated rings. The van der Waals surface area contributed by atoms with Crippen LogP contribution in [0.2, 0.25) is 0 Å². The largest absolute Gasteiger partial charge is 0.493 e. The van der Waals surface area contributed by atoms with Crippen molar-refractivity contribution in [1.82, 2.24) is 25.5 Å². The Morgan fingerprint density at radius 1 is 0.975 bits per heavy atom. The summed E-state index contributed by atoms with van der Waals surface area (Å²) >= 11 is 0. The van der Waals surface area contributed by atoms with Crippen LogP contribution in [0.5, 0.6) is 17.4 Å². The Bertz CT molecular complexity index is 1470. The second-order valence-electron chi connectivity index (χ2n) is 10.0. The summed E-state index contributed by atoms with van der Waals surface area (Å²) in [4.78, 5) is 12.0. The monoisotopic (exact) mass is 545 g/mol. The van der Waals surface area contributed by atoms with Crippen molar-refractivity contribution < 1.29 is 18.9 Å². The van der Waals surface area contributed by atoms with Gasteiger partial charge in [-0.15, -0.1) is 0 Å². The molecule has 3 N–H and O–H groups in total. The Kier molecular flexibility index (Phi) is 7.56. The number of nitrogens with zero attached hydrogens (tertiary/aromatic N) is 4. The van der Waals surface area contributed by atoms with E-state index in [1.165, 1.54) is 0 Å². The maximum absolute atomic E-state index is 6.52. The maximum Gasteiger partial charge on any atom is 0.232 e. The average Bonchev–Trinajstić information content (AvgIpc) is 3.67. The highest BCUT2D eigenvalue weighted by Crippen LogP contribution is 2.39. The van der Waals surface area contributed by atoms with E-state index >= 15 is 0 Å². The number of methoxy groups -OCH3 is 3. The van der Waals surface area contributed by atoms with E-state index in [1.54, 1.807) is 21.3 Å². The van der Waals surface area contributed by atoms with Crippen LogP contribution in [-0.4, -0.2) is 73.5 Å². The lowest BCUT2D eigenvalue weighted by Crippen LogP contribution is -2.51. The number of H-pyrrole nitrogens is 1. The molecule has 1 saturated carbocycles. The summed E-state index contributed by atoms with van der Waals surface area (Å²) in [5, 5.41) is 15.3. The van der Waals surface area contributed by atoms with Gasteiger partial charge in [-0.3, -0.25) is 10.4 Å². The van der Waals surface area contributed by atoms with Crippen molar-refractivity contribution in [2.45, 2.75) is 38.0 Å². The van der Waals surface area contributed by atoms with E-state index in [9.17, 15) is 0 Å². The topological polar surface area (TPSA) is 119 Å². The van der Waals surface area contributed by atoms with Crippen molar-refractivity contribution in [2.75, 3.05) is 51.2 Å². The van der Waals surface area contributed by atoms with Gasteiger partial charge in [-0.1, -0.05) is 12.1 Å². The molecule has 11 nitrogen and oxygen atoms in total. The molecule has 1 saturated heterocycles. The highest BCUT2D eigenvalue weighted by molar-refractivity contribution is 5.95. The number of anilines is 3. The maximum atomic E-state index is 6.52. The molecule has 2 aromatic heterocycles. The number of benzene rings is 2. The van der Waals surface area contributed by atoms with Crippen molar-refractivity contribution >= 4 is 28.4 Å². The summed E-state index contributed by atoms with van der Waals surface area (Å²) in [6, 6.07) is 13.9. The molecule has 0 spiro atoms. The molecule has 11 heteroatoms. The van der Waals surface area contributed by atoms with E-state index in [0.29, 0.717) is 34.7 Å². The summed E-state index contributed by atoms with van der Waals surface area (Å²) in [5.41, 5.74) is 4.10. The van der Waals surface area contributed by atoms with E-state index in [0.717, 1.165) is 67.6 Å². The van der Waals surface area contributed by atoms with E-state index in [-0.39, 0.29) is 12.3 Å². The van der Waals surface area contributed by atoms with Gasteiger partial charge in [0.25, 0.3) is 0 Å². The molecular formula is C29H35N7O4. The van der Waals surface area contributed by atoms with Gasteiger partial charge in [0, 0.05) is 25.8 Å². The molecule has 1 aliphatic heterocycles. The van der Waals surface area contributed by atoms with Gasteiger partial charge in [0.15, 0.2) is 17.1 Å². The van der Waals surface area contributed by atoms with E-state index < -0.39 is 0 Å². The normalized spacial score (nSPS) is 17.8. The first-order chi connectivity index (χ1) is 19.7. The summed E-state index contributed by atoms with van der Waals surface area (Å²) in [7, 11) is 4.96. The zero-order chi connectivity index (χ0) is 27.5. The molecule has 40 heavy (non-hydrogen) atoms. The summed E-state index contributed by atoms with van der Waals surface area (Å²) in [6.45, 7) is 2.44. The first-order valence-corrected chi connectivity index (χ1v) is 13.7. The Morgan fingerprint density at radius 2 is 1.80 bits per heavy atom. The smallest absolute Gasteiger partial charge is 0.232 e. The van der Waals surface area contributed by atoms with Gasteiger partial charge in [0.2, 0.25) is 11.8 Å². The number of hydrogen-bond acceptors (Lipinski definition) is 10. The zero-order valence-electron chi connectivity index (χ0n) is 23.1. The summed E-state index contributed by atoms with van der Waals surface area (Å²) in [5.74, 6) is 2.22. The number of para-hydroxylation sites is 2. The Balaban J connectivity index is 1.38. The lowest BCUT2D eigenvalue weighted by molar-refractivity contribution is 0.0707. The standard InChI is InChI=1S/C29H35N7O4/c1-37-22-13-12-18(16-23(22)38-2)26-25-27(35-34-26)32-29(33-28(25)40-19-8-4-5-9-19)31-20-10-6-7-11-21(20)36-15-14-30-24(17-36)39-3/h6-7,10-13,16,19,24,30H,4-5,8-9,14-15,17H2,1-3H3,(H2,31,32,33,34,35). The van der Waals surface area contributed by atoms with Crippen molar-refractivity contribution in [3.63, 3.8) is 0 Å². The number of aromatic nitrogens is 4. The second kappa shape index (κ2) is 11.6. The molecule has 1 atom stereocenters. The van der Waals surface area contributed by atoms with E-state index in [2.05, 4.69) is 31.8 Å². The second-order valence-corrected chi connectivity index (χ2v) is 10.0. The first kappa shape index (κ1) is 26.1. The minimum absolute atomic E-state index is 0.0270. The highest BCUT2D eigenvalue weighted by Gasteiger charge is 2.25. The van der Waals surface area contributed by atoms with Crippen LogP contribution in [0.1, 0.15) is 25.7 Å². The van der Waals surface area contributed by atoms with Crippen LogP contribution in [-0.2, 0) is 4.74 Å². The van der Waals surface area contributed by atoms with Crippen molar-refractivity contribution in [3.05, 3.63) is 42.5 Å². The van der Waals surface area contributed by atoms with Crippen LogP contribution in [0, 0.1) is 0 Å². The number of fused-ring (bicyclic) bond motifs is 1. The van der Waals surface area contributed by atoms with Crippen LogP contribution in [0.3, 0.4) is 0 Å². The van der Waals surface area contributed by atoms with Gasteiger partial charge in [-0.05, 0) is 56.0 Å².